The summed E-state index contributed by atoms with van der Waals surface area (Å²) in [5.74, 6) is -0.928. The maximum atomic E-state index is 13.2. The van der Waals surface area contributed by atoms with Gasteiger partial charge in [0.15, 0.2) is 0 Å². The van der Waals surface area contributed by atoms with Crippen molar-refractivity contribution < 1.29 is 18.7 Å². The van der Waals surface area contributed by atoms with Gasteiger partial charge < -0.3 is 9.52 Å². The predicted octanol–water partition coefficient (Wildman–Crippen LogP) is 2.78. The highest BCUT2D eigenvalue weighted by Crippen LogP contribution is 2.20. The minimum Gasteiger partial charge on any atom is -0.480 e. The zero-order chi connectivity index (χ0) is 15.4. The van der Waals surface area contributed by atoms with Crippen LogP contribution < -0.4 is 0 Å². The van der Waals surface area contributed by atoms with Crippen LogP contribution in [0.25, 0.3) is 11.5 Å². The number of hydrogen-bond donors (Lipinski definition) is 1. The van der Waals surface area contributed by atoms with Crippen molar-refractivity contribution in [1.82, 2.24) is 9.88 Å². The van der Waals surface area contributed by atoms with Gasteiger partial charge in [-0.05, 0) is 32.0 Å². The summed E-state index contributed by atoms with van der Waals surface area (Å²) in [5, 5.41) is 8.90. The fraction of sp³-hybridized carbons (Fsp3) is 0.333. The minimum absolute atomic E-state index is 0.0652. The summed E-state index contributed by atoms with van der Waals surface area (Å²) in [5.41, 5.74) is 1.17. The normalized spacial score (nSPS) is 11.3. The van der Waals surface area contributed by atoms with Crippen LogP contribution in [0, 0.1) is 5.82 Å². The van der Waals surface area contributed by atoms with Crippen LogP contribution in [0.1, 0.15) is 19.5 Å². The first kappa shape index (κ1) is 15.2. The Balaban J connectivity index is 2.14. The van der Waals surface area contributed by atoms with Crippen LogP contribution in [0.15, 0.2) is 34.9 Å². The van der Waals surface area contributed by atoms with E-state index >= 15 is 0 Å². The van der Waals surface area contributed by atoms with Gasteiger partial charge in [0.1, 0.15) is 12.1 Å². The number of carboxylic acid groups (broad SMARTS) is 1. The Bertz CT molecular complexity index is 625. The SMILES string of the molecule is CC(C)N(CC(=O)O)Cc1coc(-c2cccc(F)c2)n1. The van der Waals surface area contributed by atoms with Crippen LogP contribution in [-0.4, -0.2) is 33.5 Å². The minimum atomic E-state index is -0.891. The largest absolute Gasteiger partial charge is 0.480 e. The number of nitrogens with zero attached hydrogens (tertiary/aromatic N) is 2. The van der Waals surface area contributed by atoms with E-state index in [0.717, 1.165) is 0 Å². The van der Waals surface area contributed by atoms with Gasteiger partial charge in [0.25, 0.3) is 0 Å². The van der Waals surface area contributed by atoms with E-state index in [1.165, 1.54) is 18.4 Å². The Kier molecular flexibility index (Phi) is 4.70. The van der Waals surface area contributed by atoms with Gasteiger partial charge in [0.2, 0.25) is 5.89 Å². The first-order valence-electron chi connectivity index (χ1n) is 6.62. The van der Waals surface area contributed by atoms with Crippen LogP contribution in [0.5, 0.6) is 0 Å². The van der Waals surface area contributed by atoms with Gasteiger partial charge in [-0.25, -0.2) is 9.37 Å². The molecule has 2 rings (SSSR count). The van der Waals surface area contributed by atoms with E-state index in [9.17, 15) is 9.18 Å². The van der Waals surface area contributed by atoms with Gasteiger partial charge in [0, 0.05) is 18.2 Å². The summed E-state index contributed by atoms with van der Waals surface area (Å²) in [7, 11) is 0. The Morgan fingerprint density at radius 3 is 2.86 bits per heavy atom. The summed E-state index contributed by atoms with van der Waals surface area (Å²) in [6, 6.07) is 6.04. The second-order valence-electron chi connectivity index (χ2n) is 5.05. The van der Waals surface area contributed by atoms with Gasteiger partial charge in [0.05, 0.1) is 12.2 Å². The molecule has 1 N–H and O–H groups in total. The molecular weight excluding hydrogens is 275 g/mol. The van der Waals surface area contributed by atoms with E-state index in [-0.39, 0.29) is 18.4 Å². The number of hydrogen-bond acceptors (Lipinski definition) is 4. The number of aromatic nitrogens is 1. The second kappa shape index (κ2) is 6.49. The zero-order valence-electron chi connectivity index (χ0n) is 11.9. The van der Waals surface area contributed by atoms with E-state index in [4.69, 9.17) is 9.52 Å². The van der Waals surface area contributed by atoms with E-state index in [0.29, 0.717) is 23.7 Å². The number of oxazole rings is 1. The van der Waals surface area contributed by atoms with E-state index in [2.05, 4.69) is 4.98 Å². The molecule has 0 fully saturated rings. The molecule has 0 saturated heterocycles. The lowest BCUT2D eigenvalue weighted by Gasteiger charge is -2.22. The Morgan fingerprint density at radius 2 is 2.24 bits per heavy atom. The Hall–Kier alpha value is -2.21. The van der Waals surface area contributed by atoms with Crippen LogP contribution in [0.2, 0.25) is 0 Å². The lowest BCUT2D eigenvalue weighted by atomic mass is 10.2. The predicted molar refractivity (Wildman–Crippen MR) is 75.1 cm³/mol. The molecule has 6 heteroatoms. The monoisotopic (exact) mass is 292 g/mol. The molecule has 1 heterocycles. The Labute approximate surface area is 122 Å². The summed E-state index contributed by atoms with van der Waals surface area (Å²) in [6.45, 7) is 4.12. The number of aliphatic carboxylic acids is 1. The van der Waals surface area contributed by atoms with Crippen molar-refractivity contribution >= 4 is 5.97 Å². The highest BCUT2D eigenvalue weighted by Gasteiger charge is 2.16. The van der Waals surface area contributed by atoms with E-state index in [1.807, 2.05) is 13.8 Å². The molecule has 0 atom stereocenters. The van der Waals surface area contributed by atoms with Crippen molar-refractivity contribution in [3.05, 3.63) is 42.0 Å². The molecular formula is C15H17FN2O3. The van der Waals surface area contributed by atoms with Crippen molar-refractivity contribution in [3.63, 3.8) is 0 Å². The molecule has 112 valence electrons. The summed E-state index contributed by atoms with van der Waals surface area (Å²) in [4.78, 5) is 16.9. The van der Waals surface area contributed by atoms with E-state index < -0.39 is 5.97 Å². The van der Waals surface area contributed by atoms with Crippen molar-refractivity contribution in [2.75, 3.05) is 6.54 Å². The molecule has 0 aliphatic rings. The zero-order valence-corrected chi connectivity index (χ0v) is 11.9. The average molecular weight is 292 g/mol. The average Bonchev–Trinajstić information content (AvgIpc) is 2.86. The molecule has 0 bridgehead atoms. The molecule has 2 aromatic rings. The fourth-order valence-electron chi connectivity index (χ4n) is 1.94. The summed E-state index contributed by atoms with van der Waals surface area (Å²) < 4.78 is 18.5. The summed E-state index contributed by atoms with van der Waals surface area (Å²) >= 11 is 0. The highest BCUT2D eigenvalue weighted by atomic mass is 19.1. The number of carboxylic acids is 1. The molecule has 0 unspecified atom stereocenters. The first-order valence-corrected chi connectivity index (χ1v) is 6.62. The van der Waals surface area contributed by atoms with Gasteiger partial charge in [-0.15, -0.1) is 0 Å². The van der Waals surface area contributed by atoms with Crippen LogP contribution >= 0.6 is 0 Å². The van der Waals surface area contributed by atoms with Crippen molar-refractivity contribution in [2.24, 2.45) is 0 Å². The first-order chi connectivity index (χ1) is 9.95. The third-order valence-corrected chi connectivity index (χ3v) is 3.06. The van der Waals surface area contributed by atoms with Gasteiger partial charge in [-0.3, -0.25) is 9.69 Å². The molecule has 0 amide bonds. The topological polar surface area (TPSA) is 66.6 Å². The van der Waals surface area contributed by atoms with Crippen LogP contribution in [0.3, 0.4) is 0 Å². The third kappa shape index (κ3) is 4.13. The molecule has 21 heavy (non-hydrogen) atoms. The van der Waals surface area contributed by atoms with Crippen molar-refractivity contribution in [3.8, 4) is 11.5 Å². The molecule has 0 spiro atoms. The number of halogens is 1. The van der Waals surface area contributed by atoms with Crippen LogP contribution in [-0.2, 0) is 11.3 Å². The molecule has 1 aromatic heterocycles. The quantitative estimate of drug-likeness (QED) is 0.886. The molecule has 0 radical (unpaired) electrons. The number of carbonyl (C=O) groups is 1. The molecule has 5 nitrogen and oxygen atoms in total. The maximum absolute atomic E-state index is 13.2. The lowest BCUT2D eigenvalue weighted by molar-refractivity contribution is -0.139. The van der Waals surface area contributed by atoms with Gasteiger partial charge in [-0.2, -0.15) is 0 Å². The Morgan fingerprint density at radius 1 is 1.48 bits per heavy atom. The van der Waals surface area contributed by atoms with Crippen molar-refractivity contribution in [2.45, 2.75) is 26.4 Å². The number of benzene rings is 1. The standard InChI is InChI=1S/C15H17FN2O3/c1-10(2)18(8-14(19)20)7-13-9-21-15(17-13)11-4-3-5-12(16)6-11/h3-6,9-10H,7-8H2,1-2H3,(H,19,20). The third-order valence-electron chi connectivity index (χ3n) is 3.06. The molecule has 0 aliphatic carbocycles. The molecule has 1 aromatic carbocycles. The van der Waals surface area contributed by atoms with Crippen LogP contribution in [0.4, 0.5) is 4.39 Å². The van der Waals surface area contributed by atoms with Gasteiger partial charge in [-0.1, -0.05) is 6.07 Å². The molecule has 0 aliphatic heterocycles. The maximum Gasteiger partial charge on any atom is 0.317 e. The van der Waals surface area contributed by atoms with Gasteiger partial charge >= 0.3 is 5.97 Å². The van der Waals surface area contributed by atoms with E-state index in [1.54, 1.807) is 17.0 Å². The second-order valence-corrected chi connectivity index (χ2v) is 5.05. The fourth-order valence-corrected chi connectivity index (χ4v) is 1.94. The summed E-state index contributed by atoms with van der Waals surface area (Å²) in [6.07, 6.45) is 1.47. The highest BCUT2D eigenvalue weighted by molar-refractivity contribution is 5.69. The molecule has 0 saturated carbocycles. The lowest BCUT2D eigenvalue weighted by Crippen LogP contribution is -2.35. The number of rotatable bonds is 6. The van der Waals surface area contributed by atoms with Crippen molar-refractivity contribution in [1.29, 1.82) is 0 Å². The smallest absolute Gasteiger partial charge is 0.317 e.